The third-order valence-electron chi connectivity index (χ3n) is 4.79. The lowest BCUT2D eigenvalue weighted by Crippen LogP contribution is -2.26. The first-order valence-corrected chi connectivity index (χ1v) is 9.39. The minimum absolute atomic E-state index is 0.0343. The fourth-order valence-electron chi connectivity index (χ4n) is 3.24. The number of pyridine rings is 1. The molecule has 0 aliphatic heterocycles. The molecule has 0 radical (unpaired) electrons. The van der Waals surface area contributed by atoms with Gasteiger partial charge in [-0.15, -0.1) is 0 Å². The number of nitrogens with one attached hydrogen (secondary N) is 2. The van der Waals surface area contributed by atoms with Crippen molar-refractivity contribution in [3.05, 3.63) is 77.0 Å². The molecular weight excluding hydrogens is 384 g/mol. The summed E-state index contributed by atoms with van der Waals surface area (Å²) in [6.07, 6.45) is 2.92. The Balaban J connectivity index is 1.85. The van der Waals surface area contributed by atoms with Gasteiger partial charge in [0.15, 0.2) is 0 Å². The molecule has 0 amide bonds. The minimum Gasteiger partial charge on any atom is -0.329 e. The molecule has 0 bridgehead atoms. The monoisotopic (exact) mass is 402 g/mol. The highest BCUT2D eigenvalue weighted by Gasteiger charge is 2.14. The van der Waals surface area contributed by atoms with E-state index in [1.807, 2.05) is 67.5 Å². The molecule has 0 saturated heterocycles. The number of benzene rings is 2. The van der Waals surface area contributed by atoms with Crippen LogP contribution in [0.1, 0.15) is 5.56 Å². The number of anilines is 2. The van der Waals surface area contributed by atoms with Crippen LogP contribution in [0.15, 0.2) is 60.8 Å². The third-order valence-corrected chi connectivity index (χ3v) is 5.02. The fourth-order valence-corrected chi connectivity index (χ4v) is 3.41. The number of nitrogens with zero attached hydrogens (tertiary/aromatic N) is 4. The van der Waals surface area contributed by atoms with E-state index in [1.54, 1.807) is 12.1 Å². The third kappa shape index (κ3) is 3.50. The van der Waals surface area contributed by atoms with E-state index in [-0.39, 0.29) is 5.62 Å². The molecule has 2 aromatic carbocycles. The van der Waals surface area contributed by atoms with Crippen molar-refractivity contribution in [3.63, 3.8) is 0 Å². The van der Waals surface area contributed by atoms with Gasteiger partial charge in [-0.2, -0.15) is 4.98 Å². The number of halogens is 1. The summed E-state index contributed by atoms with van der Waals surface area (Å²) in [4.78, 5) is 10.9. The molecule has 29 heavy (non-hydrogen) atoms. The lowest BCUT2D eigenvalue weighted by molar-refractivity contribution is 0.915. The highest BCUT2D eigenvalue weighted by atomic mass is 35.5. The first kappa shape index (κ1) is 18.8. The molecule has 2 heterocycles. The highest BCUT2D eigenvalue weighted by Crippen LogP contribution is 2.31. The van der Waals surface area contributed by atoms with E-state index in [2.05, 4.69) is 9.97 Å². The van der Waals surface area contributed by atoms with Gasteiger partial charge in [-0.25, -0.2) is 0 Å². The van der Waals surface area contributed by atoms with Gasteiger partial charge in [0.2, 0.25) is 5.62 Å². The maximum absolute atomic E-state index is 8.24. The number of aromatic nitrogens is 3. The van der Waals surface area contributed by atoms with Crippen LogP contribution in [-0.4, -0.2) is 27.9 Å². The van der Waals surface area contributed by atoms with E-state index in [4.69, 9.17) is 22.4 Å². The van der Waals surface area contributed by atoms with Crippen LogP contribution in [-0.2, 0) is 0 Å². The van der Waals surface area contributed by atoms with Crippen LogP contribution < -0.4 is 10.5 Å². The van der Waals surface area contributed by atoms with Crippen molar-refractivity contribution in [1.82, 2.24) is 14.5 Å². The largest absolute Gasteiger partial charge is 0.329 e. The molecule has 0 unspecified atom stereocenters. The number of hydrogen-bond acceptors (Lipinski definition) is 5. The predicted molar refractivity (Wildman–Crippen MR) is 117 cm³/mol. The summed E-state index contributed by atoms with van der Waals surface area (Å²) in [7, 11) is 1.91. The topological polar surface area (TPSA) is 81.7 Å². The molecule has 0 aliphatic rings. The van der Waals surface area contributed by atoms with E-state index in [0.717, 1.165) is 34.2 Å². The molecule has 6 nitrogen and oxygen atoms in total. The molecule has 144 valence electrons. The Morgan fingerprint density at radius 3 is 2.66 bits per heavy atom. The zero-order chi connectivity index (χ0) is 20.5. The summed E-state index contributed by atoms with van der Waals surface area (Å²) in [5.41, 5.74) is 4.55. The van der Waals surface area contributed by atoms with Gasteiger partial charge < -0.3 is 4.90 Å². The van der Waals surface area contributed by atoms with Gasteiger partial charge in [-0.05, 0) is 48.9 Å². The van der Waals surface area contributed by atoms with Gasteiger partial charge in [-0.1, -0.05) is 29.8 Å². The lowest BCUT2D eigenvalue weighted by Gasteiger charge is -2.22. The summed E-state index contributed by atoms with van der Waals surface area (Å²) in [6.45, 7) is 2.01. The van der Waals surface area contributed by atoms with Crippen LogP contribution in [0, 0.1) is 17.7 Å². The Bertz CT molecular complexity index is 1280. The Hall–Kier alpha value is -3.51. The summed E-state index contributed by atoms with van der Waals surface area (Å²) in [5, 5.41) is 17.2. The van der Waals surface area contributed by atoms with Crippen LogP contribution in [0.25, 0.3) is 22.2 Å². The van der Waals surface area contributed by atoms with Crippen LogP contribution in [0.3, 0.4) is 0 Å². The molecule has 0 atom stereocenters. The molecule has 0 aliphatic carbocycles. The molecule has 2 aromatic heterocycles. The maximum Gasteiger partial charge on any atom is 0.229 e. The van der Waals surface area contributed by atoms with E-state index in [0.29, 0.717) is 16.4 Å². The highest BCUT2D eigenvalue weighted by molar-refractivity contribution is 6.31. The second-order valence-corrected chi connectivity index (χ2v) is 7.19. The van der Waals surface area contributed by atoms with Crippen LogP contribution in [0.5, 0.6) is 0 Å². The van der Waals surface area contributed by atoms with E-state index < -0.39 is 0 Å². The first-order valence-electron chi connectivity index (χ1n) is 9.02. The molecular formula is C22H19ClN6. The van der Waals surface area contributed by atoms with Gasteiger partial charge >= 0.3 is 0 Å². The zero-order valence-electron chi connectivity index (χ0n) is 16.0. The molecule has 0 saturated carbocycles. The van der Waals surface area contributed by atoms with Crippen LogP contribution >= 0.6 is 11.6 Å². The van der Waals surface area contributed by atoms with Crippen LogP contribution in [0.2, 0.25) is 5.02 Å². The van der Waals surface area contributed by atoms with Crippen molar-refractivity contribution >= 4 is 40.3 Å². The maximum atomic E-state index is 8.24. The van der Waals surface area contributed by atoms with Crippen molar-refractivity contribution in [1.29, 1.82) is 10.8 Å². The Morgan fingerprint density at radius 1 is 1.10 bits per heavy atom. The molecule has 0 fully saturated rings. The van der Waals surface area contributed by atoms with Gasteiger partial charge in [0.1, 0.15) is 5.82 Å². The smallest absolute Gasteiger partial charge is 0.229 e. The van der Waals surface area contributed by atoms with Crippen molar-refractivity contribution < 1.29 is 0 Å². The number of hydrogen-bond donors (Lipinski definition) is 2. The molecule has 0 spiro atoms. The van der Waals surface area contributed by atoms with Crippen molar-refractivity contribution in [2.45, 2.75) is 6.92 Å². The zero-order valence-corrected chi connectivity index (χ0v) is 16.8. The average Bonchev–Trinajstić information content (AvgIpc) is 2.73. The van der Waals surface area contributed by atoms with Gasteiger partial charge in [0.05, 0.1) is 17.5 Å². The molecule has 2 N–H and O–H groups in total. The van der Waals surface area contributed by atoms with Crippen molar-refractivity contribution in [2.75, 3.05) is 11.9 Å². The normalized spacial score (nSPS) is 10.9. The Morgan fingerprint density at radius 2 is 1.93 bits per heavy atom. The van der Waals surface area contributed by atoms with E-state index >= 15 is 0 Å². The van der Waals surface area contributed by atoms with Gasteiger partial charge in [0, 0.05) is 34.9 Å². The van der Waals surface area contributed by atoms with Gasteiger partial charge in [-0.3, -0.25) is 20.4 Å². The summed E-state index contributed by atoms with van der Waals surface area (Å²) in [6, 6.07) is 17.5. The average molecular weight is 403 g/mol. The molecule has 4 rings (SSSR count). The Labute approximate surface area is 173 Å². The second-order valence-electron chi connectivity index (χ2n) is 6.75. The summed E-state index contributed by atoms with van der Waals surface area (Å²) >= 11 is 6.16. The number of rotatable bonds is 4. The SMILES string of the molecule is Cc1ccc(-c2cccc(N(C)c3nc(=N)n(C=N)c4cc(Cl)ccc34)c2)nc1. The van der Waals surface area contributed by atoms with Crippen molar-refractivity contribution in [3.8, 4) is 11.3 Å². The second kappa shape index (κ2) is 7.48. The van der Waals surface area contributed by atoms with Crippen LogP contribution in [0.4, 0.5) is 11.5 Å². The number of fused-ring (bicyclic) bond motifs is 1. The lowest BCUT2D eigenvalue weighted by atomic mass is 10.1. The van der Waals surface area contributed by atoms with E-state index in [1.165, 1.54) is 4.57 Å². The summed E-state index contributed by atoms with van der Waals surface area (Å²) < 4.78 is 1.39. The van der Waals surface area contributed by atoms with E-state index in [9.17, 15) is 0 Å². The standard InChI is InChI=1S/C22H19ClN6/c1-14-6-9-19(26-12-14)15-4-3-5-17(10-15)28(2)21-18-8-7-16(23)11-20(18)29(13-24)22(25)27-21/h3-13,24-25H,1-2H3. The van der Waals surface area contributed by atoms with Gasteiger partial charge in [0.25, 0.3) is 0 Å². The first-order chi connectivity index (χ1) is 14.0. The predicted octanol–water partition coefficient (Wildman–Crippen LogP) is 4.76. The Kier molecular flexibility index (Phi) is 4.86. The quantitative estimate of drug-likeness (QED) is 0.381. The molecule has 4 aromatic rings. The minimum atomic E-state index is -0.0343. The van der Waals surface area contributed by atoms with Crippen molar-refractivity contribution in [2.24, 2.45) is 0 Å². The molecule has 7 heteroatoms. The number of aryl methyl sites for hydroxylation is 1. The summed E-state index contributed by atoms with van der Waals surface area (Å²) in [5.74, 6) is 0.619. The fraction of sp³-hybridized carbons (Fsp3) is 0.0909.